The van der Waals surface area contributed by atoms with Crippen LogP contribution in [0.15, 0.2) is 29.8 Å². The number of aryl methyl sites for hydroxylation is 1. The highest BCUT2D eigenvalue weighted by Gasteiger charge is 2.17. The number of methoxy groups -OCH3 is 1. The zero-order valence-electron chi connectivity index (χ0n) is 11.7. The molecule has 0 heterocycles. The Morgan fingerprint density at radius 3 is 2.70 bits per heavy atom. The van der Waals surface area contributed by atoms with E-state index in [0.29, 0.717) is 17.6 Å². The number of rotatable bonds is 6. The first-order chi connectivity index (χ1) is 9.51. The third-order valence-electron chi connectivity index (χ3n) is 2.78. The smallest absolute Gasteiger partial charge is 0.333 e. The van der Waals surface area contributed by atoms with E-state index in [1.165, 1.54) is 13.2 Å². The fourth-order valence-corrected chi connectivity index (χ4v) is 1.72. The van der Waals surface area contributed by atoms with E-state index >= 15 is 0 Å². The van der Waals surface area contributed by atoms with Crippen LogP contribution in [0.5, 0.6) is 5.75 Å². The number of carbonyl (C=O) groups is 1. The van der Waals surface area contributed by atoms with E-state index in [2.05, 4.69) is 4.74 Å². The van der Waals surface area contributed by atoms with E-state index in [0.717, 1.165) is 0 Å². The lowest BCUT2D eigenvalue weighted by molar-refractivity contribution is -0.386. The van der Waals surface area contributed by atoms with Crippen molar-refractivity contribution in [2.24, 2.45) is 0 Å². The van der Waals surface area contributed by atoms with Crippen molar-refractivity contribution >= 4 is 11.7 Å². The lowest BCUT2D eigenvalue weighted by Crippen LogP contribution is -2.07. The van der Waals surface area contributed by atoms with Gasteiger partial charge in [-0.2, -0.15) is 0 Å². The second-order valence-corrected chi connectivity index (χ2v) is 4.06. The summed E-state index contributed by atoms with van der Waals surface area (Å²) in [4.78, 5) is 21.9. The molecule has 0 aromatic heterocycles. The van der Waals surface area contributed by atoms with Gasteiger partial charge in [-0.1, -0.05) is 19.1 Å². The summed E-state index contributed by atoms with van der Waals surface area (Å²) in [6.07, 6.45) is 2.07. The van der Waals surface area contributed by atoms with Crippen LogP contribution in [0.1, 0.15) is 18.9 Å². The minimum Gasteiger partial charge on any atom is -0.483 e. The van der Waals surface area contributed by atoms with Crippen molar-refractivity contribution in [3.8, 4) is 5.75 Å². The van der Waals surface area contributed by atoms with Gasteiger partial charge in [-0.3, -0.25) is 10.1 Å². The number of hydrogen-bond acceptors (Lipinski definition) is 5. The molecule has 0 radical (unpaired) electrons. The molecule has 20 heavy (non-hydrogen) atoms. The van der Waals surface area contributed by atoms with Crippen molar-refractivity contribution in [3.05, 3.63) is 45.5 Å². The number of nitro groups is 1. The SMILES string of the molecule is CCC(=CCOc1cccc(C)c1[N+](=O)[O-])C(=O)OC. The Morgan fingerprint density at radius 2 is 2.15 bits per heavy atom. The Balaban J connectivity index is 2.85. The van der Waals surface area contributed by atoms with E-state index in [1.807, 2.05) is 6.92 Å². The number of carbonyl (C=O) groups excluding carboxylic acids is 1. The van der Waals surface area contributed by atoms with E-state index in [1.54, 1.807) is 25.1 Å². The largest absolute Gasteiger partial charge is 0.483 e. The summed E-state index contributed by atoms with van der Waals surface area (Å²) >= 11 is 0. The van der Waals surface area contributed by atoms with Gasteiger partial charge in [0.2, 0.25) is 0 Å². The Bertz CT molecular complexity index is 536. The minimum absolute atomic E-state index is 0.0583. The van der Waals surface area contributed by atoms with Crippen LogP contribution >= 0.6 is 0 Å². The Labute approximate surface area is 117 Å². The maximum Gasteiger partial charge on any atom is 0.333 e. The molecule has 6 heteroatoms. The molecule has 1 aromatic carbocycles. The van der Waals surface area contributed by atoms with Crippen molar-refractivity contribution in [2.45, 2.75) is 20.3 Å². The monoisotopic (exact) mass is 279 g/mol. The molecule has 0 bridgehead atoms. The van der Waals surface area contributed by atoms with E-state index in [4.69, 9.17) is 4.74 Å². The fourth-order valence-electron chi connectivity index (χ4n) is 1.72. The zero-order valence-corrected chi connectivity index (χ0v) is 11.7. The Kier molecular flexibility index (Phi) is 5.71. The van der Waals surface area contributed by atoms with Gasteiger partial charge in [-0.05, 0) is 25.5 Å². The van der Waals surface area contributed by atoms with Crippen LogP contribution in [0.3, 0.4) is 0 Å². The van der Waals surface area contributed by atoms with Crippen LogP contribution in [0.25, 0.3) is 0 Å². The highest BCUT2D eigenvalue weighted by molar-refractivity contribution is 5.88. The van der Waals surface area contributed by atoms with Gasteiger partial charge < -0.3 is 9.47 Å². The average Bonchev–Trinajstić information content (AvgIpc) is 2.42. The topological polar surface area (TPSA) is 78.7 Å². The molecule has 0 atom stereocenters. The summed E-state index contributed by atoms with van der Waals surface area (Å²) in [5.74, 6) is -0.235. The molecule has 0 saturated carbocycles. The van der Waals surface area contributed by atoms with Gasteiger partial charge in [0.05, 0.1) is 12.0 Å². The van der Waals surface area contributed by atoms with E-state index in [9.17, 15) is 14.9 Å². The van der Waals surface area contributed by atoms with Crippen LogP contribution < -0.4 is 4.74 Å². The molecule has 0 N–H and O–H groups in total. The fraction of sp³-hybridized carbons (Fsp3) is 0.357. The standard InChI is InChI=1S/C14H17NO5/c1-4-11(14(16)19-3)8-9-20-12-7-5-6-10(2)13(12)15(17)18/h5-8H,4,9H2,1-3H3. The first-order valence-corrected chi connectivity index (χ1v) is 6.15. The molecule has 6 nitrogen and oxygen atoms in total. The van der Waals surface area contributed by atoms with Crippen molar-refractivity contribution in [1.29, 1.82) is 0 Å². The molecule has 0 aliphatic carbocycles. The summed E-state index contributed by atoms with van der Waals surface area (Å²) in [5, 5.41) is 11.0. The van der Waals surface area contributed by atoms with Gasteiger partial charge in [0, 0.05) is 11.1 Å². The number of nitrogens with zero attached hydrogens (tertiary/aromatic N) is 1. The molecule has 1 aromatic rings. The van der Waals surface area contributed by atoms with Crippen LogP contribution in [0.4, 0.5) is 5.69 Å². The maximum absolute atomic E-state index is 11.4. The van der Waals surface area contributed by atoms with Gasteiger partial charge in [0.15, 0.2) is 5.75 Å². The molecule has 108 valence electrons. The highest BCUT2D eigenvalue weighted by atomic mass is 16.6. The van der Waals surface area contributed by atoms with Crippen LogP contribution in [0, 0.1) is 17.0 Å². The van der Waals surface area contributed by atoms with Gasteiger partial charge in [-0.15, -0.1) is 0 Å². The molecule has 0 saturated heterocycles. The van der Waals surface area contributed by atoms with E-state index in [-0.39, 0.29) is 18.0 Å². The molecular weight excluding hydrogens is 262 g/mol. The van der Waals surface area contributed by atoms with Gasteiger partial charge in [0.1, 0.15) is 6.61 Å². The highest BCUT2D eigenvalue weighted by Crippen LogP contribution is 2.30. The van der Waals surface area contributed by atoms with Crippen LogP contribution in [0.2, 0.25) is 0 Å². The molecule has 0 spiro atoms. The predicted octanol–water partition coefficient (Wildman–Crippen LogP) is 2.79. The number of ether oxygens (including phenoxy) is 2. The number of benzene rings is 1. The van der Waals surface area contributed by atoms with Crippen molar-refractivity contribution < 1.29 is 19.2 Å². The van der Waals surface area contributed by atoms with Gasteiger partial charge in [0.25, 0.3) is 0 Å². The molecule has 0 unspecified atom stereocenters. The second-order valence-electron chi connectivity index (χ2n) is 4.06. The zero-order chi connectivity index (χ0) is 15.1. The minimum atomic E-state index is -0.477. The van der Waals surface area contributed by atoms with Crippen LogP contribution in [-0.2, 0) is 9.53 Å². The number of esters is 1. The van der Waals surface area contributed by atoms with E-state index < -0.39 is 10.9 Å². The van der Waals surface area contributed by atoms with Crippen molar-refractivity contribution in [3.63, 3.8) is 0 Å². The van der Waals surface area contributed by atoms with Crippen molar-refractivity contribution in [1.82, 2.24) is 0 Å². The Hall–Kier alpha value is -2.37. The third-order valence-corrected chi connectivity index (χ3v) is 2.78. The van der Waals surface area contributed by atoms with Crippen molar-refractivity contribution in [2.75, 3.05) is 13.7 Å². The summed E-state index contributed by atoms with van der Waals surface area (Å²) < 4.78 is 10.00. The second kappa shape index (κ2) is 7.28. The van der Waals surface area contributed by atoms with Gasteiger partial charge in [-0.25, -0.2) is 4.79 Å². The molecule has 1 rings (SSSR count). The summed E-state index contributed by atoms with van der Waals surface area (Å²) in [6, 6.07) is 4.86. The predicted molar refractivity (Wildman–Crippen MR) is 73.7 cm³/mol. The number of nitro benzene ring substituents is 1. The molecular formula is C14H17NO5. The van der Waals surface area contributed by atoms with Crippen LogP contribution in [-0.4, -0.2) is 24.6 Å². The maximum atomic E-state index is 11.4. The number of hydrogen-bond donors (Lipinski definition) is 0. The first-order valence-electron chi connectivity index (χ1n) is 6.15. The summed E-state index contributed by atoms with van der Waals surface area (Å²) in [7, 11) is 1.30. The molecule has 0 fully saturated rings. The number of para-hydroxylation sites is 1. The summed E-state index contributed by atoms with van der Waals surface area (Å²) in [5.41, 5.74) is 0.944. The normalized spacial score (nSPS) is 11.1. The molecule has 0 aliphatic heterocycles. The lowest BCUT2D eigenvalue weighted by Gasteiger charge is -2.07. The third kappa shape index (κ3) is 3.81. The molecule has 0 amide bonds. The quantitative estimate of drug-likeness (QED) is 0.346. The van der Waals surface area contributed by atoms with Gasteiger partial charge >= 0.3 is 11.7 Å². The average molecular weight is 279 g/mol. The lowest BCUT2D eigenvalue weighted by atomic mass is 10.2. The molecule has 0 aliphatic rings. The Morgan fingerprint density at radius 1 is 1.45 bits per heavy atom. The summed E-state index contributed by atoms with van der Waals surface area (Å²) in [6.45, 7) is 3.53. The first kappa shape index (κ1) is 15.7.